The summed E-state index contributed by atoms with van der Waals surface area (Å²) >= 11 is 0. The predicted octanol–water partition coefficient (Wildman–Crippen LogP) is 3.66. The lowest BCUT2D eigenvalue weighted by molar-refractivity contribution is -0.137. The third kappa shape index (κ3) is 4.47. The molecule has 0 unspecified atom stereocenters. The van der Waals surface area contributed by atoms with Crippen LogP contribution >= 0.6 is 0 Å². The van der Waals surface area contributed by atoms with Crippen molar-refractivity contribution in [2.45, 2.75) is 12.7 Å². The molecule has 6 nitrogen and oxygen atoms in total. The van der Waals surface area contributed by atoms with E-state index in [0.717, 1.165) is 36.5 Å². The highest BCUT2D eigenvalue weighted by molar-refractivity contribution is 5.93. The summed E-state index contributed by atoms with van der Waals surface area (Å²) in [5.74, 6) is -0.682. The number of H-pyrrole nitrogens is 1. The van der Waals surface area contributed by atoms with Gasteiger partial charge in [0.25, 0.3) is 0 Å². The van der Waals surface area contributed by atoms with E-state index in [-0.39, 0.29) is 11.0 Å². The molecule has 0 atom stereocenters. The number of benzene rings is 2. The number of fused-ring (bicyclic) bond motifs is 1. The summed E-state index contributed by atoms with van der Waals surface area (Å²) in [4.78, 5) is 31.7. The minimum Gasteiger partial charge on any atom is -0.465 e. The van der Waals surface area contributed by atoms with Crippen LogP contribution in [0.25, 0.3) is 10.9 Å². The fraction of sp³-hybridized carbons (Fsp3) is 0.304. The van der Waals surface area contributed by atoms with Gasteiger partial charge in [-0.15, -0.1) is 0 Å². The number of aromatic amines is 1. The largest absolute Gasteiger partial charge is 0.465 e. The number of carbonyl (C=O) groups excluding carboxylic acids is 1. The van der Waals surface area contributed by atoms with Gasteiger partial charge in [0.2, 0.25) is 5.43 Å². The van der Waals surface area contributed by atoms with Crippen LogP contribution in [0.1, 0.15) is 21.5 Å². The smallest absolute Gasteiger partial charge is 0.416 e. The van der Waals surface area contributed by atoms with Crippen LogP contribution in [0.15, 0.2) is 53.5 Å². The van der Waals surface area contributed by atoms with Crippen molar-refractivity contribution in [2.24, 2.45) is 0 Å². The number of esters is 1. The van der Waals surface area contributed by atoms with Crippen molar-refractivity contribution < 1.29 is 22.7 Å². The van der Waals surface area contributed by atoms with Crippen LogP contribution < -0.4 is 10.3 Å². The Morgan fingerprint density at radius 2 is 1.75 bits per heavy atom. The second kappa shape index (κ2) is 8.66. The molecule has 0 spiro atoms. The number of piperazine rings is 1. The summed E-state index contributed by atoms with van der Waals surface area (Å²) in [7, 11) is 1.23. The van der Waals surface area contributed by atoms with Crippen LogP contribution in [0.5, 0.6) is 0 Å². The number of carbonyl (C=O) groups is 1. The van der Waals surface area contributed by atoms with Gasteiger partial charge in [-0.1, -0.05) is 6.07 Å². The van der Waals surface area contributed by atoms with E-state index >= 15 is 0 Å². The summed E-state index contributed by atoms with van der Waals surface area (Å²) < 4.78 is 42.9. The average Bonchev–Trinajstić information content (AvgIpc) is 2.79. The quantitative estimate of drug-likeness (QED) is 0.621. The molecule has 1 saturated heterocycles. The first-order valence-corrected chi connectivity index (χ1v) is 10.1. The molecule has 4 rings (SSSR count). The summed E-state index contributed by atoms with van der Waals surface area (Å²) in [5, 5.41) is 0.425. The maximum Gasteiger partial charge on any atom is 0.416 e. The van der Waals surface area contributed by atoms with Gasteiger partial charge in [0.15, 0.2) is 0 Å². The van der Waals surface area contributed by atoms with Gasteiger partial charge in [-0.05, 0) is 42.0 Å². The zero-order valence-corrected chi connectivity index (χ0v) is 17.4. The Labute approximate surface area is 182 Å². The van der Waals surface area contributed by atoms with Gasteiger partial charge in [-0.2, -0.15) is 13.2 Å². The van der Waals surface area contributed by atoms with Crippen LogP contribution in [0.3, 0.4) is 0 Å². The Hall–Kier alpha value is -3.33. The molecule has 0 radical (unpaired) electrons. The van der Waals surface area contributed by atoms with E-state index in [9.17, 15) is 22.8 Å². The molecule has 3 aromatic rings. The molecule has 1 aliphatic heterocycles. The van der Waals surface area contributed by atoms with Crippen molar-refractivity contribution in [2.75, 3.05) is 38.2 Å². The van der Waals surface area contributed by atoms with E-state index in [1.807, 2.05) is 12.1 Å². The van der Waals surface area contributed by atoms with Crippen LogP contribution in [-0.4, -0.2) is 49.1 Å². The Bertz CT molecular complexity index is 1180. The van der Waals surface area contributed by atoms with E-state index in [2.05, 4.69) is 19.5 Å². The van der Waals surface area contributed by atoms with Crippen LogP contribution in [0, 0.1) is 0 Å². The summed E-state index contributed by atoms with van der Waals surface area (Å²) in [5.41, 5.74) is 1.28. The summed E-state index contributed by atoms with van der Waals surface area (Å²) in [6, 6.07) is 10.8. The number of hydrogen-bond acceptors (Lipinski definition) is 5. The van der Waals surface area contributed by atoms with Gasteiger partial charge in [0, 0.05) is 55.5 Å². The molecular weight excluding hydrogens is 423 g/mol. The molecule has 1 fully saturated rings. The molecule has 1 N–H and O–H groups in total. The van der Waals surface area contributed by atoms with Crippen LogP contribution in [0.4, 0.5) is 18.9 Å². The van der Waals surface area contributed by atoms with Crippen molar-refractivity contribution in [3.63, 3.8) is 0 Å². The lowest BCUT2D eigenvalue weighted by atomic mass is 10.1. The topological polar surface area (TPSA) is 65.6 Å². The molecule has 0 amide bonds. The van der Waals surface area contributed by atoms with E-state index in [1.165, 1.54) is 25.4 Å². The number of pyridine rings is 1. The number of ether oxygens (including phenoxy) is 1. The number of rotatable bonds is 4. The molecule has 9 heteroatoms. The fourth-order valence-electron chi connectivity index (χ4n) is 3.91. The number of aromatic nitrogens is 1. The highest BCUT2D eigenvalue weighted by atomic mass is 19.4. The Morgan fingerprint density at radius 1 is 1.06 bits per heavy atom. The second-order valence-electron chi connectivity index (χ2n) is 7.71. The molecule has 0 saturated carbocycles. The maximum absolute atomic E-state index is 12.8. The average molecular weight is 445 g/mol. The van der Waals surface area contributed by atoms with E-state index in [1.54, 1.807) is 6.07 Å². The first kappa shape index (κ1) is 21.9. The summed E-state index contributed by atoms with van der Waals surface area (Å²) in [6.45, 7) is 3.46. The van der Waals surface area contributed by atoms with Crippen molar-refractivity contribution in [1.29, 1.82) is 0 Å². The lowest BCUT2D eigenvalue weighted by Gasteiger charge is -2.36. The number of anilines is 1. The molecule has 2 aromatic carbocycles. The monoisotopic (exact) mass is 445 g/mol. The SMILES string of the molecule is COC(=O)c1c[nH]c2ccc(CN3CCN(c4ccc(C(F)(F)F)cc4)CC3)cc2c1=O. The van der Waals surface area contributed by atoms with Gasteiger partial charge in [0.1, 0.15) is 5.56 Å². The van der Waals surface area contributed by atoms with Gasteiger partial charge in [-0.25, -0.2) is 4.79 Å². The molecule has 1 aliphatic rings. The van der Waals surface area contributed by atoms with Crippen molar-refractivity contribution in [3.05, 3.63) is 75.6 Å². The number of methoxy groups -OCH3 is 1. The number of alkyl halides is 3. The molecule has 1 aromatic heterocycles. The lowest BCUT2D eigenvalue weighted by Crippen LogP contribution is -2.46. The minimum atomic E-state index is -4.34. The maximum atomic E-state index is 12.8. The second-order valence-corrected chi connectivity index (χ2v) is 7.71. The minimum absolute atomic E-state index is 0.0395. The standard InChI is InChI=1S/C23H22F3N3O3/c1-32-22(31)19-13-27-20-7-2-15(12-18(20)21(19)30)14-28-8-10-29(11-9-28)17-5-3-16(4-6-17)23(24,25)26/h2-7,12-13H,8-11,14H2,1H3,(H,27,30). The molecule has 2 heterocycles. The third-order valence-electron chi connectivity index (χ3n) is 5.69. The highest BCUT2D eigenvalue weighted by Gasteiger charge is 2.30. The van der Waals surface area contributed by atoms with Crippen LogP contribution in [-0.2, 0) is 17.5 Å². The zero-order chi connectivity index (χ0) is 22.9. The Balaban J connectivity index is 1.43. The van der Waals surface area contributed by atoms with E-state index < -0.39 is 17.7 Å². The Morgan fingerprint density at radius 3 is 2.38 bits per heavy atom. The number of hydrogen-bond donors (Lipinski definition) is 1. The molecule has 32 heavy (non-hydrogen) atoms. The molecule has 0 aliphatic carbocycles. The first-order valence-electron chi connectivity index (χ1n) is 10.1. The Kier molecular flexibility index (Phi) is 5.92. The zero-order valence-electron chi connectivity index (χ0n) is 17.4. The number of nitrogens with zero attached hydrogens (tertiary/aromatic N) is 2. The van der Waals surface area contributed by atoms with Crippen molar-refractivity contribution >= 4 is 22.6 Å². The number of nitrogens with one attached hydrogen (secondary N) is 1. The predicted molar refractivity (Wildman–Crippen MR) is 115 cm³/mol. The summed E-state index contributed by atoms with van der Waals surface area (Å²) in [6.07, 6.45) is -2.98. The number of halogens is 3. The third-order valence-corrected chi connectivity index (χ3v) is 5.69. The van der Waals surface area contributed by atoms with Gasteiger partial charge >= 0.3 is 12.1 Å². The van der Waals surface area contributed by atoms with Gasteiger partial charge in [0.05, 0.1) is 12.7 Å². The highest BCUT2D eigenvalue weighted by Crippen LogP contribution is 2.30. The fourth-order valence-corrected chi connectivity index (χ4v) is 3.91. The van der Waals surface area contributed by atoms with Gasteiger partial charge in [-0.3, -0.25) is 9.69 Å². The normalized spacial score (nSPS) is 15.2. The van der Waals surface area contributed by atoms with Gasteiger partial charge < -0.3 is 14.6 Å². The molecule has 168 valence electrons. The first-order chi connectivity index (χ1) is 15.3. The van der Waals surface area contributed by atoms with Crippen LogP contribution in [0.2, 0.25) is 0 Å². The molecular formula is C23H22F3N3O3. The molecule has 0 bridgehead atoms. The van der Waals surface area contributed by atoms with E-state index in [0.29, 0.717) is 30.5 Å². The van der Waals surface area contributed by atoms with Crippen molar-refractivity contribution in [3.8, 4) is 0 Å². The van der Waals surface area contributed by atoms with E-state index in [4.69, 9.17) is 0 Å². The van der Waals surface area contributed by atoms with Crippen molar-refractivity contribution in [1.82, 2.24) is 9.88 Å².